The van der Waals surface area contributed by atoms with Gasteiger partial charge in [-0.1, -0.05) is 0 Å². The standard InChI is InChI=1S/C16H19N3OS/c20-16(18-13-7-11-3-5-19(9-11)10-13)8-12-1-2-15-14(17-12)4-6-21-15/h1-2,4,6,11,13H,3,5,7-10H2,(H,18,20)/t11-,13-/m1/s1. The summed E-state index contributed by atoms with van der Waals surface area (Å²) in [5, 5.41) is 5.23. The lowest BCUT2D eigenvalue weighted by Crippen LogP contribution is -2.47. The topological polar surface area (TPSA) is 45.2 Å². The Kier molecular flexibility index (Phi) is 3.39. The zero-order valence-electron chi connectivity index (χ0n) is 11.9. The summed E-state index contributed by atoms with van der Waals surface area (Å²) in [4.78, 5) is 19.2. The summed E-state index contributed by atoms with van der Waals surface area (Å²) in [7, 11) is 0. The Morgan fingerprint density at radius 3 is 3.24 bits per heavy atom. The number of hydrogen-bond donors (Lipinski definition) is 1. The first-order valence-corrected chi connectivity index (χ1v) is 8.49. The van der Waals surface area contributed by atoms with Gasteiger partial charge in [0.25, 0.3) is 0 Å². The van der Waals surface area contributed by atoms with E-state index in [1.165, 1.54) is 24.2 Å². The van der Waals surface area contributed by atoms with Crippen molar-refractivity contribution in [1.82, 2.24) is 15.2 Å². The summed E-state index contributed by atoms with van der Waals surface area (Å²) < 4.78 is 1.18. The first-order chi connectivity index (χ1) is 10.3. The number of aromatic nitrogens is 1. The van der Waals surface area contributed by atoms with Crippen LogP contribution < -0.4 is 5.32 Å². The van der Waals surface area contributed by atoms with Gasteiger partial charge >= 0.3 is 0 Å². The third kappa shape index (κ3) is 2.80. The minimum atomic E-state index is 0.101. The normalized spacial score (nSPS) is 27.9. The molecule has 21 heavy (non-hydrogen) atoms. The largest absolute Gasteiger partial charge is 0.352 e. The van der Waals surface area contributed by atoms with Crippen molar-refractivity contribution in [3.8, 4) is 0 Å². The van der Waals surface area contributed by atoms with Gasteiger partial charge in [0.2, 0.25) is 5.91 Å². The quantitative estimate of drug-likeness (QED) is 0.944. The molecular weight excluding hydrogens is 282 g/mol. The number of piperidine rings is 1. The summed E-state index contributed by atoms with van der Waals surface area (Å²) in [6.07, 6.45) is 2.81. The first-order valence-electron chi connectivity index (χ1n) is 7.61. The lowest BCUT2D eigenvalue weighted by Gasteiger charge is -2.30. The summed E-state index contributed by atoms with van der Waals surface area (Å²) in [6, 6.07) is 6.35. The highest BCUT2D eigenvalue weighted by Gasteiger charge is 2.32. The van der Waals surface area contributed by atoms with Crippen LogP contribution >= 0.6 is 11.3 Å². The highest BCUT2D eigenvalue weighted by Crippen LogP contribution is 2.26. The van der Waals surface area contributed by atoms with Gasteiger partial charge in [-0.05, 0) is 48.9 Å². The molecule has 4 nitrogen and oxygen atoms in total. The molecule has 4 rings (SSSR count). The molecule has 0 aliphatic carbocycles. The van der Waals surface area contributed by atoms with Gasteiger partial charge in [0, 0.05) is 19.1 Å². The number of pyridine rings is 1. The van der Waals surface area contributed by atoms with E-state index in [0.717, 1.165) is 30.1 Å². The van der Waals surface area contributed by atoms with Gasteiger partial charge in [0.15, 0.2) is 0 Å². The maximum absolute atomic E-state index is 12.2. The molecular formula is C16H19N3OS. The van der Waals surface area contributed by atoms with E-state index in [1.54, 1.807) is 11.3 Å². The van der Waals surface area contributed by atoms with Gasteiger partial charge in [-0.15, -0.1) is 11.3 Å². The van der Waals surface area contributed by atoms with Crippen molar-refractivity contribution >= 4 is 27.5 Å². The summed E-state index contributed by atoms with van der Waals surface area (Å²) >= 11 is 1.68. The van der Waals surface area contributed by atoms with Gasteiger partial charge in [-0.3, -0.25) is 9.78 Å². The smallest absolute Gasteiger partial charge is 0.226 e. The van der Waals surface area contributed by atoms with Crippen LogP contribution in [0.5, 0.6) is 0 Å². The molecule has 110 valence electrons. The fourth-order valence-corrected chi connectivity index (χ4v) is 4.33. The van der Waals surface area contributed by atoms with Gasteiger partial charge < -0.3 is 10.2 Å². The van der Waals surface area contributed by atoms with Gasteiger partial charge in [0.1, 0.15) is 0 Å². The average Bonchev–Trinajstić information content (AvgIpc) is 3.04. The Morgan fingerprint density at radius 1 is 1.38 bits per heavy atom. The number of amides is 1. The fourth-order valence-electron chi connectivity index (χ4n) is 3.60. The van der Waals surface area contributed by atoms with Crippen LogP contribution in [0.2, 0.25) is 0 Å². The number of carbonyl (C=O) groups excluding carboxylic acids is 1. The molecule has 2 aliphatic heterocycles. The molecule has 1 N–H and O–H groups in total. The SMILES string of the molecule is O=C(Cc1ccc2sccc2n1)N[C@@H]1C[C@H]2CCN(C2)C1. The van der Waals surface area contributed by atoms with Crippen LogP contribution in [0.1, 0.15) is 18.5 Å². The van der Waals surface area contributed by atoms with Crippen molar-refractivity contribution in [2.45, 2.75) is 25.3 Å². The molecule has 0 radical (unpaired) electrons. The van der Waals surface area contributed by atoms with E-state index >= 15 is 0 Å². The maximum atomic E-state index is 12.2. The lowest BCUT2D eigenvalue weighted by molar-refractivity contribution is -0.121. The molecule has 0 spiro atoms. The molecule has 2 fully saturated rings. The second-order valence-electron chi connectivity index (χ2n) is 6.20. The van der Waals surface area contributed by atoms with Crippen molar-refractivity contribution in [1.29, 1.82) is 0 Å². The average molecular weight is 301 g/mol. The van der Waals surface area contributed by atoms with Crippen LogP contribution in [0.25, 0.3) is 10.2 Å². The number of nitrogens with one attached hydrogen (secondary N) is 1. The van der Waals surface area contributed by atoms with Crippen molar-refractivity contribution < 1.29 is 4.79 Å². The zero-order valence-corrected chi connectivity index (χ0v) is 12.7. The Morgan fingerprint density at radius 2 is 2.33 bits per heavy atom. The highest BCUT2D eigenvalue weighted by molar-refractivity contribution is 7.17. The number of fused-ring (bicyclic) bond motifs is 3. The molecule has 2 aromatic heterocycles. The predicted molar refractivity (Wildman–Crippen MR) is 84.4 cm³/mol. The molecule has 4 heterocycles. The number of carbonyl (C=O) groups is 1. The maximum Gasteiger partial charge on any atom is 0.226 e. The Hall–Kier alpha value is -1.46. The second kappa shape index (κ2) is 5.39. The van der Waals surface area contributed by atoms with Crippen LogP contribution in [-0.2, 0) is 11.2 Å². The van der Waals surface area contributed by atoms with Crippen LogP contribution in [0.4, 0.5) is 0 Å². The third-order valence-electron chi connectivity index (χ3n) is 4.54. The van der Waals surface area contributed by atoms with Crippen molar-refractivity contribution in [2.75, 3.05) is 19.6 Å². The van der Waals surface area contributed by atoms with E-state index in [0.29, 0.717) is 12.5 Å². The van der Waals surface area contributed by atoms with E-state index in [1.807, 2.05) is 17.5 Å². The summed E-state index contributed by atoms with van der Waals surface area (Å²) in [6.45, 7) is 3.44. The monoisotopic (exact) mass is 301 g/mol. The number of rotatable bonds is 3. The molecule has 0 saturated carbocycles. The Bertz CT molecular complexity index is 656. The molecule has 2 saturated heterocycles. The van der Waals surface area contributed by atoms with E-state index < -0.39 is 0 Å². The van der Waals surface area contributed by atoms with Crippen LogP contribution in [0.3, 0.4) is 0 Å². The highest BCUT2D eigenvalue weighted by atomic mass is 32.1. The molecule has 5 heteroatoms. The minimum Gasteiger partial charge on any atom is -0.352 e. The van der Waals surface area contributed by atoms with E-state index in [-0.39, 0.29) is 5.91 Å². The molecule has 3 atom stereocenters. The molecule has 2 aromatic rings. The van der Waals surface area contributed by atoms with Crippen LogP contribution in [-0.4, -0.2) is 41.5 Å². The van der Waals surface area contributed by atoms with Gasteiger partial charge in [-0.2, -0.15) is 0 Å². The number of thiophene rings is 1. The Labute approximate surface area is 128 Å². The molecule has 0 aromatic carbocycles. The van der Waals surface area contributed by atoms with Crippen LogP contribution in [0, 0.1) is 5.92 Å². The van der Waals surface area contributed by atoms with E-state index in [4.69, 9.17) is 0 Å². The minimum absolute atomic E-state index is 0.101. The molecule has 2 aliphatic rings. The summed E-state index contributed by atoms with van der Waals surface area (Å²) in [5.41, 5.74) is 1.85. The van der Waals surface area contributed by atoms with E-state index in [2.05, 4.69) is 21.3 Å². The van der Waals surface area contributed by atoms with Crippen molar-refractivity contribution in [3.63, 3.8) is 0 Å². The second-order valence-corrected chi connectivity index (χ2v) is 7.15. The van der Waals surface area contributed by atoms with Gasteiger partial charge in [0.05, 0.1) is 22.3 Å². The third-order valence-corrected chi connectivity index (χ3v) is 5.41. The number of hydrogen-bond acceptors (Lipinski definition) is 4. The van der Waals surface area contributed by atoms with Crippen molar-refractivity contribution in [2.24, 2.45) is 5.92 Å². The summed E-state index contributed by atoms with van der Waals surface area (Å²) in [5.74, 6) is 0.883. The van der Waals surface area contributed by atoms with E-state index in [9.17, 15) is 4.79 Å². The zero-order chi connectivity index (χ0) is 14.2. The molecule has 1 unspecified atom stereocenters. The Balaban J connectivity index is 1.39. The lowest BCUT2D eigenvalue weighted by atomic mass is 9.97. The van der Waals surface area contributed by atoms with Crippen LogP contribution in [0.15, 0.2) is 23.6 Å². The van der Waals surface area contributed by atoms with Crippen molar-refractivity contribution in [3.05, 3.63) is 29.3 Å². The molecule has 2 bridgehead atoms. The number of nitrogens with zero attached hydrogens (tertiary/aromatic N) is 2. The van der Waals surface area contributed by atoms with Gasteiger partial charge in [-0.25, -0.2) is 0 Å². The molecule has 1 amide bonds. The fraction of sp³-hybridized carbons (Fsp3) is 0.500. The predicted octanol–water partition coefficient (Wildman–Crippen LogP) is 2.05. The first kappa shape index (κ1) is 13.2.